The third-order valence-corrected chi connectivity index (χ3v) is 4.59. The standard InChI is InChI=1S/C6H11BrTe/c1-3-4-5-8-6(2)7/h2-5H2,1H3. The van der Waals surface area contributed by atoms with Crippen LogP contribution in [0.15, 0.2) is 9.11 Å². The van der Waals surface area contributed by atoms with Crippen molar-refractivity contribution in [3.8, 4) is 0 Å². The molecule has 0 aromatic carbocycles. The molecule has 0 aromatic heterocycles. The predicted molar refractivity (Wildman–Crippen MR) is 43.5 cm³/mol. The van der Waals surface area contributed by atoms with Crippen LogP contribution in [0.4, 0.5) is 0 Å². The Morgan fingerprint density at radius 3 is 2.75 bits per heavy atom. The minimum atomic E-state index is 0.126. The Balaban J connectivity index is 2.82. The van der Waals surface area contributed by atoms with Crippen molar-refractivity contribution in [1.82, 2.24) is 0 Å². The second-order valence-corrected chi connectivity index (χ2v) is 7.54. The molecule has 0 aromatic rings. The first-order valence-electron chi connectivity index (χ1n) is 2.74. The Hall–Kier alpha value is 1.01. The third kappa shape index (κ3) is 7.01. The summed E-state index contributed by atoms with van der Waals surface area (Å²) in [5.41, 5.74) is 0. The molecule has 0 bridgehead atoms. The van der Waals surface area contributed by atoms with Crippen LogP contribution in [0.3, 0.4) is 0 Å². The molecule has 0 N–H and O–H groups in total. The van der Waals surface area contributed by atoms with E-state index in [4.69, 9.17) is 0 Å². The zero-order valence-electron chi connectivity index (χ0n) is 5.11. The van der Waals surface area contributed by atoms with Gasteiger partial charge in [-0.2, -0.15) is 0 Å². The fourth-order valence-corrected chi connectivity index (χ4v) is 3.28. The van der Waals surface area contributed by atoms with Crippen LogP contribution in [0.5, 0.6) is 0 Å². The fraction of sp³-hybridized carbons (Fsp3) is 0.667. The summed E-state index contributed by atoms with van der Waals surface area (Å²) in [4.78, 5) is 0. The first-order chi connectivity index (χ1) is 3.77. The first kappa shape index (κ1) is 9.01. The van der Waals surface area contributed by atoms with E-state index in [1.807, 2.05) is 0 Å². The van der Waals surface area contributed by atoms with Gasteiger partial charge in [-0.3, -0.25) is 0 Å². The van der Waals surface area contributed by atoms with E-state index in [0.717, 1.165) is 0 Å². The zero-order chi connectivity index (χ0) is 6.41. The molecule has 0 aliphatic heterocycles. The van der Waals surface area contributed by atoms with Gasteiger partial charge in [-0.15, -0.1) is 0 Å². The van der Waals surface area contributed by atoms with Gasteiger partial charge >= 0.3 is 70.2 Å². The molecule has 0 radical (unpaired) electrons. The molecule has 48 valence electrons. The number of halogens is 1. The second-order valence-electron chi connectivity index (χ2n) is 1.56. The molecule has 0 nitrogen and oxygen atoms in total. The van der Waals surface area contributed by atoms with E-state index in [1.165, 1.54) is 19.8 Å². The van der Waals surface area contributed by atoms with Crippen LogP contribution in [-0.4, -0.2) is 20.9 Å². The van der Waals surface area contributed by atoms with E-state index in [1.54, 1.807) is 0 Å². The Morgan fingerprint density at radius 2 is 2.38 bits per heavy atom. The number of rotatable bonds is 4. The van der Waals surface area contributed by atoms with Gasteiger partial charge in [-0.1, -0.05) is 0 Å². The molecule has 0 aliphatic carbocycles. The Kier molecular flexibility index (Phi) is 6.91. The van der Waals surface area contributed by atoms with Gasteiger partial charge in [0.25, 0.3) is 0 Å². The molecule has 8 heavy (non-hydrogen) atoms. The zero-order valence-corrected chi connectivity index (χ0v) is 9.03. The average Bonchev–Trinajstić information content (AvgIpc) is 1.66. The van der Waals surface area contributed by atoms with Crippen molar-refractivity contribution in [2.45, 2.75) is 24.2 Å². The maximum absolute atomic E-state index is 3.80. The van der Waals surface area contributed by atoms with Gasteiger partial charge in [0.05, 0.1) is 0 Å². The molecule has 0 rings (SSSR count). The topological polar surface area (TPSA) is 0 Å². The minimum absolute atomic E-state index is 0.126. The molecule has 0 fully saturated rings. The normalized spacial score (nSPS) is 9.25. The summed E-state index contributed by atoms with van der Waals surface area (Å²) in [5.74, 6) is 0. The molecule has 0 atom stereocenters. The van der Waals surface area contributed by atoms with Crippen molar-refractivity contribution in [3.63, 3.8) is 0 Å². The summed E-state index contributed by atoms with van der Waals surface area (Å²) in [6.45, 7) is 6.03. The van der Waals surface area contributed by atoms with E-state index in [9.17, 15) is 0 Å². The van der Waals surface area contributed by atoms with Crippen LogP contribution in [0.2, 0.25) is 4.47 Å². The Morgan fingerprint density at radius 1 is 1.75 bits per heavy atom. The molecule has 0 spiro atoms. The third-order valence-electron chi connectivity index (χ3n) is 0.757. The molecule has 0 aliphatic rings. The van der Waals surface area contributed by atoms with Gasteiger partial charge in [0.1, 0.15) is 0 Å². The molecule has 0 unspecified atom stereocenters. The van der Waals surface area contributed by atoms with Crippen LogP contribution < -0.4 is 0 Å². The molecular formula is C6H11BrTe. The number of hydrogen-bond acceptors (Lipinski definition) is 0. The van der Waals surface area contributed by atoms with Crippen molar-refractivity contribution >= 4 is 36.9 Å². The molecular weight excluding hydrogens is 280 g/mol. The molecule has 0 amide bonds. The average molecular weight is 291 g/mol. The van der Waals surface area contributed by atoms with Crippen molar-refractivity contribution in [2.75, 3.05) is 0 Å². The molecule has 0 saturated carbocycles. The van der Waals surface area contributed by atoms with Gasteiger partial charge in [-0.05, 0) is 0 Å². The van der Waals surface area contributed by atoms with Gasteiger partial charge in [0.15, 0.2) is 0 Å². The van der Waals surface area contributed by atoms with Gasteiger partial charge < -0.3 is 0 Å². The number of unbranched alkanes of at least 4 members (excludes halogenated alkanes) is 1. The van der Waals surface area contributed by atoms with Crippen molar-refractivity contribution in [2.24, 2.45) is 0 Å². The van der Waals surface area contributed by atoms with Gasteiger partial charge in [0.2, 0.25) is 0 Å². The quantitative estimate of drug-likeness (QED) is 0.552. The van der Waals surface area contributed by atoms with Crippen molar-refractivity contribution < 1.29 is 0 Å². The van der Waals surface area contributed by atoms with Crippen molar-refractivity contribution in [3.05, 3.63) is 9.11 Å². The fourth-order valence-electron chi connectivity index (χ4n) is 0.327. The van der Waals surface area contributed by atoms with E-state index in [2.05, 4.69) is 29.4 Å². The van der Waals surface area contributed by atoms with Gasteiger partial charge in [-0.25, -0.2) is 0 Å². The number of hydrogen-bond donors (Lipinski definition) is 0. The summed E-state index contributed by atoms with van der Waals surface area (Å²) < 4.78 is 2.67. The van der Waals surface area contributed by atoms with Crippen LogP contribution >= 0.6 is 15.9 Å². The molecule has 0 saturated heterocycles. The van der Waals surface area contributed by atoms with Crippen LogP contribution in [0.1, 0.15) is 19.8 Å². The van der Waals surface area contributed by atoms with Crippen molar-refractivity contribution in [1.29, 1.82) is 0 Å². The Labute approximate surface area is 69.9 Å². The van der Waals surface area contributed by atoms with Crippen LogP contribution in [0, 0.1) is 0 Å². The van der Waals surface area contributed by atoms with E-state index in [0.29, 0.717) is 0 Å². The van der Waals surface area contributed by atoms with E-state index >= 15 is 0 Å². The predicted octanol–water partition coefficient (Wildman–Crippen LogP) is 2.78. The maximum atomic E-state index is 3.80. The molecule has 2 heteroatoms. The SMILES string of the molecule is C=C(Br)[Te]CCCC. The Bertz CT molecular complexity index is 70.9. The van der Waals surface area contributed by atoms with E-state index in [-0.39, 0.29) is 20.9 Å². The summed E-state index contributed by atoms with van der Waals surface area (Å²) in [5, 5.41) is 0. The van der Waals surface area contributed by atoms with Gasteiger partial charge in [0, 0.05) is 0 Å². The molecule has 0 heterocycles. The van der Waals surface area contributed by atoms with Crippen LogP contribution in [-0.2, 0) is 0 Å². The summed E-state index contributed by atoms with van der Waals surface area (Å²) in [6.07, 6.45) is 2.71. The summed E-state index contributed by atoms with van der Waals surface area (Å²) in [6, 6.07) is 0. The monoisotopic (exact) mass is 292 g/mol. The second kappa shape index (κ2) is 6.13. The van der Waals surface area contributed by atoms with E-state index < -0.39 is 0 Å². The first-order valence-corrected chi connectivity index (χ1v) is 6.35. The van der Waals surface area contributed by atoms with Crippen LogP contribution in [0.25, 0.3) is 0 Å². The summed E-state index contributed by atoms with van der Waals surface area (Å²) in [7, 11) is 0. The summed E-state index contributed by atoms with van der Waals surface area (Å²) >= 11 is 3.49.